The van der Waals surface area contributed by atoms with E-state index in [1.54, 1.807) is 0 Å². The van der Waals surface area contributed by atoms with Crippen LogP contribution in [0.3, 0.4) is 0 Å². The molecule has 1 rings (SSSR count). The largest absolute Gasteiger partial charge is 0.0777 e. The van der Waals surface area contributed by atoms with Crippen molar-refractivity contribution in [2.75, 3.05) is 0 Å². The van der Waals surface area contributed by atoms with Crippen molar-refractivity contribution in [1.82, 2.24) is 0 Å². The van der Waals surface area contributed by atoms with Gasteiger partial charge in [-0.25, -0.2) is 0 Å². The van der Waals surface area contributed by atoms with Gasteiger partial charge < -0.3 is 0 Å². The molecule has 0 aromatic heterocycles. The molecule has 0 aliphatic carbocycles. The standard InChI is InChI=1S/C11H14I2/c1-8(12)9-4-6-10(7-5-9)11(2,3)13/h4-8H,1-3H3. The van der Waals surface area contributed by atoms with Gasteiger partial charge in [0.05, 0.1) is 0 Å². The Morgan fingerprint density at radius 3 is 1.92 bits per heavy atom. The van der Waals surface area contributed by atoms with E-state index in [9.17, 15) is 0 Å². The van der Waals surface area contributed by atoms with E-state index in [4.69, 9.17) is 0 Å². The van der Waals surface area contributed by atoms with Crippen molar-refractivity contribution in [3.05, 3.63) is 35.4 Å². The number of alkyl halides is 2. The summed E-state index contributed by atoms with van der Waals surface area (Å²) in [4.78, 5) is 0. The van der Waals surface area contributed by atoms with Crippen molar-refractivity contribution in [3.63, 3.8) is 0 Å². The highest BCUT2D eigenvalue weighted by molar-refractivity contribution is 14.1. The molecule has 0 fully saturated rings. The molecule has 1 aromatic rings. The average molecular weight is 400 g/mol. The summed E-state index contributed by atoms with van der Waals surface area (Å²) in [5.74, 6) is 0. The average Bonchev–Trinajstić information content (AvgIpc) is 2.03. The molecular weight excluding hydrogens is 386 g/mol. The second-order valence-corrected chi connectivity index (χ2v) is 8.28. The molecule has 1 aromatic carbocycles. The van der Waals surface area contributed by atoms with Gasteiger partial charge in [0.25, 0.3) is 0 Å². The first-order valence-corrected chi connectivity index (χ1v) is 6.67. The first-order chi connectivity index (χ1) is 5.91. The van der Waals surface area contributed by atoms with Gasteiger partial charge in [-0.15, -0.1) is 0 Å². The third-order valence-electron chi connectivity index (χ3n) is 2.06. The maximum Gasteiger partial charge on any atom is 0.0414 e. The predicted molar refractivity (Wildman–Crippen MR) is 75.9 cm³/mol. The van der Waals surface area contributed by atoms with Gasteiger partial charge in [0, 0.05) is 7.35 Å². The zero-order valence-corrected chi connectivity index (χ0v) is 12.5. The molecule has 13 heavy (non-hydrogen) atoms. The van der Waals surface area contributed by atoms with E-state index in [0.717, 1.165) is 0 Å². The Balaban J connectivity index is 2.94. The molecule has 0 N–H and O–H groups in total. The molecule has 0 saturated heterocycles. The van der Waals surface area contributed by atoms with E-state index in [1.165, 1.54) is 11.1 Å². The number of benzene rings is 1. The Morgan fingerprint density at radius 2 is 1.62 bits per heavy atom. The van der Waals surface area contributed by atoms with E-state index < -0.39 is 0 Å². The zero-order chi connectivity index (χ0) is 10.1. The lowest BCUT2D eigenvalue weighted by Gasteiger charge is -2.17. The van der Waals surface area contributed by atoms with Crippen LogP contribution in [0.4, 0.5) is 0 Å². The predicted octanol–water partition coefficient (Wildman–Crippen LogP) is 4.85. The summed E-state index contributed by atoms with van der Waals surface area (Å²) in [5, 5.41) is 0. The van der Waals surface area contributed by atoms with E-state index in [2.05, 4.69) is 90.2 Å². The fourth-order valence-electron chi connectivity index (χ4n) is 1.14. The minimum atomic E-state index is 0.241. The Bertz CT molecular complexity index is 267. The molecule has 72 valence electrons. The molecule has 0 heterocycles. The van der Waals surface area contributed by atoms with Gasteiger partial charge in [0.15, 0.2) is 0 Å². The fraction of sp³-hybridized carbons (Fsp3) is 0.455. The van der Waals surface area contributed by atoms with Crippen molar-refractivity contribution in [2.45, 2.75) is 28.1 Å². The second-order valence-electron chi connectivity index (χ2n) is 3.71. The normalized spacial score (nSPS) is 14.2. The minimum absolute atomic E-state index is 0.241. The summed E-state index contributed by atoms with van der Waals surface area (Å²) in [6, 6.07) is 8.92. The van der Waals surface area contributed by atoms with Gasteiger partial charge in [0.1, 0.15) is 0 Å². The Morgan fingerprint density at radius 1 is 1.15 bits per heavy atom. The number of halogens is 2. The van der Waals surface area contributed by atoms with E-state index in [0.29, 0.717) is 3.92 Å². The van der Waals surface area contributed by atoms with Crippen LogP contribution >= 0.6 is 45.2 Å². The van der Waals surface area contributed by atoms with Gasteiger partial charge in [-0.05, 0) is 31.9 Å². The van der Waals surface area contributed by atoms with Crippen LogP contribution in [0, 0.1) is 0 Å². The summed E-state index contributed by atoms with van der Waals surface area (Å²) in [7, 11) is 0. The third kappa shape index (κ3) is 3.38. The number of hydrogen-bond acceptors (Lipinski definition) is 0. The van der Waals surface area contributed by atoms with Crippen molar-refractivity contribution in [1.29, 1.82) is 0 Å². The summed E-state index contributed by atoms with van der Waals surface area (Å²) >= 11 is 4.91. The van der Waals surface area contributed by atoms with Crippen LogP contribution in [-0.2, 0) is 3.42 Å². The van der Waals surface area contributed by atoms with Gasteiger partial charge in [-0.2, -0.15) is 0 Å². The SMILES string of the molecule is CC(I)c1ccc(C(C)(C)I)cc1. The molecule has 1 atom stereocenters. The van der Waals surface area contributed by atoms with E-state index in [1.807, 2.05) is 0 Å². The van der Waals surface area contributed by atoms with Crippen LogP contribution < -0.4 is 0 Å². The minimum Gasteiger partial charge on any atom is -0.0777 e. The lowest BCUT2D eigenvalue weighted by Crippen LogP contribution is -2.05. The summed E-state index contributed by atoms with van der Waals surface area (Å²) in [6.45, 7) is 6.68. The third-order valence-corrected chi connectivity index (χ3v) is 3.40. The zero-order valence-electron chi connectivity index (χ0n) is 8.14. The van der Waals surface area contributed by atoms with Crippen LogP contribution in [0.5, 0.6) is 0 Å². The van der Waals surface area contributed by atoms with Crippen molar-refractivity contribution in [3.8, 4) is 0 Å². The quantitative estimate of drug-likeness (QED) is 0.492. The van der Waals surface area contributed by atoms with Gasteiger partial charge >= 0.3 is 0 Å². The van der Waals surface area contributed by atoms with Gasteiger partial charge in [0.2, 0.25) is 0 Å². The fourth-order valence-corrected chi connectivity index (χ4v) is 1.92. The Labute approximate surface area is 108 Å². The highest BCUT2D eigenvalue weighted by atomic mass is 127. The molecule has 0 bridgehead atoms. The van der Waals surface area contributed by atoms with Crippen molar-refractivity contribution in [2.24, 2.45) is 0 Å². The molecule has 0 saturated carbocycles. The highest BCUT2D eigenvalue weighted by Gasteiger charge is 2.15. The monoisotopic (exact) mass is 400 g/mol. The van der Waals surface area contributed by atoms with Gasteiger partial charge in [-0.3, -0.25) is 0 Å². The molecule has 0 aliphatic heterocycles. The maximum atomic E-state index is 2.47. The Hall–Kier alpha value is 0.680. The highest BCUT2D eigenvalue weighted by Crippen LogP contribution is 2.32. The van der Waals surface area contributed by atoms with Crippen LogP contribution in [0.15, 0.2) is 24.3 Å². The molecule has 2 heteroatoms. The molecule has 0 aliphatic rings. The lowest BCUT2D eigenvalue weighted by molar-refractivity contribution is 0.825. The second kappa shape index (κ2) is 4.47. The van der Waals surface area contributed by atoms with Crippen LogP contribution in [0.2, 0.25) is 0 Å². The van der Waals surface area contributed by atoms with E-state index >= 15 is 0 Å². The maximum absolute atomic E-state index is 2.47. The summed E-state index contributed by atoms with van der Waals surface area (Å²) in [6.07, 6.45) is 0. The van der Waals surface area contributed by atoms with Crippen molar-refractivity contribution >= 4 is 45.2 Å². The Kier molecular flexibility index (Phi) is 4.04. The molecule has 1 unspecified atom stereocenters. The molecule has 0 nitrogen and oxygen atoms in total. The lowest BCUT2D eigenvalue weighted by atomic mass is 10.0. The molecular formula is C11H14I2. The van der Waals surface area contributed by atoms with Gasteiger partial charge in [-0.1, -0.05) is 69.4 Å². The van der Waals surface area contributed by atoms with Crippen LogP contribution in [0.25, 0.3) is 0 Å². The smallest absolute Gasteiger partial charge is 0.0414 e. The van der Waals surface area contributed by atoms with Crippen LogP contribution in [0.1, 0.15) is 35.8 Å². The summed E-state index contributed by atoms with van der Waals surface area (Å²) in [5.41, 5.74) is 2.80. The van der Waals surface area contributed by atoms with Crippen LogP contribution in [-0.4, -0.2) is 0 Å². The van der Waals surface area contributed by atoms with E-state index in [-0.39, 0.29) is 3.42 Å². The molecule has 0 spiro atoms. The van der Waals surface area contributed by atoms with Crippen molar-refractivity contribution < 1.29 is 0 Å². The molecule has 0 radical (unpaired) electrons. The first-order valence-electron chi connectivity index (χ1n) is 4.34. The first kappa shape index (κ1) is 11.8. The summed E-state index contributed by atoms with van der Waals surface area (Å²) < 4.78 is 0.842. The number of hydrogen-bond donors (Lipinski definition) is 0. The molecule has 0 amide bonds. The number of rotatable bonds is 2. The topological polar surface area (TPSA) is 0 Å².